The van der Waals surface area contributed by atoms with E-state index in [1.54, 1.807) is 37.3 Å². The quantitative estimate of drug-likeness (QED) is 0.725. The molecule has 0 unspecified atom stereocenters. The Morgan fingerprint density at radius 1 is 1.00 bits per heavy atom. The number of ether oxygens (including phenoxy) is 1. The van der Waals surface area contributed by atoms with E-state index in [2.05, 4.69) is 10.6 Å². The van der Waals surface area contributed by atoms with E-state index in [-0.39, 0.29) is 19.1 Å². The zero-order chi connectivity index (χ0) is 20.7. The molecule has 7 nitrogen and oxygen atoms in total. The number of hydrogen-bond acceptors (Lipinski definition) is 4. The molecule has 28 heavy (non-hydrogen) atoms. The van der Waals surface area contributed by atoms with Crippen LogP contribution in [0, 0.1) is 0 Å². The highest BCUT2D eigenvalue weighted by molar-refractivity contribution is 6.42. The molecule has 0 heterocycles. The standard InChI is InChI=1S/C19H19Cl2N3O4/c1-3-28-19(27)23-13-6-4-5-12(9-13)18(26)24(2)11-17(25)22-14-7-8-15(20)16(21)10-14/h4-10H,3,11H2,1-2H3,(H,22,25)(H,23,27). The molecule has 2 aromatic rings. The minimum atomic E-state index is -0.610. The number of carbonyl (C=O) groups is 3. The molecule has 0 fully saturated rings. The van der Waals surface area contributed by atoms with Crippen molar-refractivity contribution >= 4 is 52.5 Å². The summed E-state index contributed by atoms with van der Waals surface area (Å²) in [6.07, 6.45) is -0.610. The SMILES string of the molecule is CCOC(=O)Nc1cccc(C(=O)N(C)CC(=O)Nc2ccc(Cl)c(Cl)c2)c1. The number of carbonyl (C=O) groups excluding carboxylic acids is 3. The van der Waals surface area contributed by atoms with Crippen LogP contribution >= 0.6 is 23.2 Å². The summed E-state index contributed by atoms with van der Waals surface area (Å²) in [5.41, 5.74) is 1.21. The lowest BCUT2D eigenvalue weighted by molar-refractivity contribution is -0.116. The smallest absolute Gasteiger partial charge is 0.411 e. The van der Waals surface area contributed by atoms with Gasteiger partial charge in [0, 0.05) is 24.0 Å². The van der Waals surface area contributed by atoms with Gasteiger partial charge in [0.1, 0.15) is 0 Å². The third-order valence-corrected chi connectivity index (χ3v) is 4.30. The van der Waals surface area contributed by atoms with E-state index in [9.17, 15) is 14.4 Å². The van der Waals surface area contributed by atoms with Crippen LogP contribution in [-0.4, -0.2) is 43.0 Å². The zero-order valence-corrected chi connectivity index (χ0v) is 16.8. The Bertz CT molecular complexity index is 889. The van der Waals surface area contributed by atoms with Crippen LogP contribution in [0.15, 0.2) is 42.5 Å². The molecule has 0 radical (unpaired) electrons. The summed E-state index contributed by atoms with van der Waals surface area (Å²) in [7, 11) is 1.50. The number of rotatable bonds is 6. The molecule has 0 aliphatic rings. The fourth-order valence-corrected chi connectivity index (χ4v) is 2.60. The van der Waals surface area contributed by atoms with Gasteiger partial charge in [-0.3, -0.25) is 14.9 Å². The minimum absolute atomic E-state index is 0.172. The fraction of sp³-hybridized carbons (Fsp3) is 0.211. The lowest BCUT2D eigenvalue weighted by Gasteiger charge is -2.17. The maximum absolute atomic E-state index is 12.6. The maximum atomic E-state index is 12.6. The highest BCUT2D eigenvalue weighted by atomic mass is 35.5. The van der Waals surface area contributed by atoms with E-state index >= 15 is 0 Å². The van der Waals surface area contributed by atoms with Crippen LogP contribution in [-0.2, 0) is 9.53 Å². The molecule has 0 aromatic heterocycles. The number of benzene rings is 2. The molecule has 2 N–H and O–H groups in total. The van der Waals surface area contributed by atoms with Crippen molar-refractivity contribution in [3.8, 4) is 0 Å². The van der Waals surface area contributed by atoms with Crippen molar-refractivity contribution in [3.63, 3.8) is 0 Å². The molecule has 2 rings (SSSR count). The second-order valence-electron chi connectivity index (χ2n) is 5.76. The summed E-state index contributed by atoms with van der Waals surface area (Å²) in [5, 5.41) is 5.87. The lowest BCUT2D eigenvalue weighted by atomic mass is 10.1. The number of halogens is 2. The van der Waals surface area contributed by atoms with E-state index in [0.29, 0.717) is 27.0 Å². The minimum Gasteiger partial charge on any atom is -0.450 e. The van der Waals surface area contributed by atoms with Crippen molar-refractivity contribution in [1.29, 1.82) is 0 Å². The Kier molecular flexibility index (Phi) is 7.66. The van der Waals surface area contributed by atoms with Crippen molar-refractivity contribution in [3.05, 3.63) is 58.1 Å². The normalized spacial score (nSPS) is 10.1. The molecule has 0 saturated heterocycles. The molecule has 2 aromatic carbocycles. The van der Waals surface area contributed by atoms with Gasteiger partial charge in [0.05, 0.1) is 23.2 Å². The highest BCUT2D eigenvalue weighted by Gasteiger charge is 2.16. The van der Waals surface area contributed by atoms with E-state index in [0.717, 1.165) is 0 Å². The Labute approximate surface area is 172 Å². The number of nitrogens with one attached hydrogen (secondary N) is 2. The molecule has 0 aliphatic heterocycles. The third-order valence-electron chi connectivity index (χ3n) is 3.56. The maximum Gasteiger partial charge on any atom is 0.411 e. The number of amides is 3. The summed E-state index contributed by atoms with van der Waals surface area (Å²) in [6.45, 7) is 1.76. The third kappa shape index (κ3) is 6.14. The molecule has 0 bridgehead atoms. The predicted molar refractivity (Wildman–Crippen MR) is 109 cm³/mol. The molecule has 148 valence electrons. The van der Waals surface area contributed by atoms with Gasteiger partial charge in [0.25, 0.3) is 5.91 Å². The number of hydrogen-bond donors (Lipinski definition) is 2. The van der Waals surface area contributed by atoms with Gasteiger partial charge in [-0.25, -0.2) is 4.79 Å². The molecule has 0 aliphatic carbocycles. The summed E-state index contributed by atoms with van der Waals surface area (Å²) in [5.74, 6) is -0.771. The molecule has 0 atom stereocenters. The zero-order valence-electron chi connectivity index (χ0n) is 15.3. The van der Waals surface area contributed by atoms with Crippen molar-refractivity contribution in [2.24, 2.45) is 0 Å². The number of nitrogens with zero attached hydrogens (tertiary/aromatic N) is 1. The van der Waals surface area contributed by atoms with Crippen LogP contribution in [0.1, 0.15) is 17.3 Å². The monoisotopic (exact) mass is 423 g/mol. The first-order chi connectivity index (χ1) is 13.3. The summed E-state index contributed by atoms with van der Waals surface area (Å²) in [6, 6.07) is 11.0. The van der Waals surface area contributed by atoms with Gasteiger partial charge in [-0.1, -0.05) is 29.3 Å². The van der Waals surface area contributed by atoms with Crippen LogP contribution in [0.2, 0.25) is 10.0 Å². The first-order valence-corrected chi connectivity index (χ1v) is 9.10. The van der Waals surface area contributed by atoms with E-state index in [1.807, 2.05) is 0 Å². The predicted octanol–water partition coefficient (Wildman–Crippen LogP) is 4.27. The summed E-state index contributed by atoms with van der Waals surface area (Å²) < 4.78 is 4.80. The Balaban J connectivity index is 1.98. The topological polar surface area (TPSA) is 87.7 Å². The average Bonchev–Trinajstić information content (AvgIpc) is 2.64. The van der Waals surface area contributed by atoms with Crippen molar-refractivity contribution < 1.29 is 19.1 Å². The Hall–Kier alpha value is -2.77. The van der Waals surface area contributed by atoms with Gasteiger partial charge in [-0.2, -0.15) is 0 Å². The van der Waals surface area contributed by atoms with Gasteiger partial charge in [-0.15, -0.1) is 0 Å². The van der Waals surface area contributed by atoms with Gasteiger partial charge in [0.15, 0.2) is 0 Å². The van der Waals surface area contributed by atoms with Crippen LogP contribution in [0.25, 0.3) is 0 Å². The second kappa shape index (κ2) is 9.96. The van der Waals surface area contributed by atoms with Crippen molar-refractivity contribution in [1.82, 2.24) is 4.90 Å². The average molecular weight is 424 g/mol. The van der Waals surface area contributed by atoms with Gasteiger partial charge in [0.2, 0.25) is 5.91 Å². The van der Waals surface area contributed by atoms with Crippen LogP contribution in [0.4, 0.5) is 16.2 Å². The van der Waals surface area contributed by atoms with Crippen LogP contribution in [0.5, 0.6) is 0 Å². The number of anilines is 2. The number of likely N-dealkylation sites (N-methyl/N-ethyl adjacent to an activating group) is 1. The van der Waals surface area contributed by atoms with Crippen LogP contribution < -0.4 is 10.6 Å². The summed E-state index contributed by atoms with van der Waals surface area (Å²) >= 11 is 11.8. The fourth-order valence-electron chi connectivity index (χ4n) is 2.30. The molecule has 9 heteroatoms. The van der Waals surface area contributed by atoms with Crippen molar-refractivity contribution in [2.45, 2.75) is 6.92 Å². The molecule has 0 saturated carbocycles. The van der Waals surface area contributed by atoms with E-state index < -0.39 is 12.0 Å². The Morgan fingerprint density at radius 3 is 2.39 bits per heavy atom. The largest absolute Gasteiger partial charge is 0.450 e. The van der Waals surface area contributed by atoms with Gasteiger partial charge in [-0.05, 0) is 43.3 Å². The second-order valence-corrected chi connectivity index (χ2v) is 6.58. The molecular weight excluding hydrogens is 405 g/mol. The van der Waals surface area contributed by atoms with Gasteiger partial charge >= 0.3 is 6.09 Å². The van der Waals surface area contributed by atoms with Crippen LogP contribution in [0.3, 0.4) is 0 Å². The molecule has 3 amide bonds. The molecule has 0 spiro atoms. The lowest BCUT2D eigenvalue weighted by Crippen LogP contribution is -2.35. The van der Waals surface area contributed by atoms with Crippen molar-refractivity contribution in [2.75, 3.05) is 30.8 Å². The van der Waals surface area contributed by atoms with E-state index in [4.69, 9.17) is 27.9 Å². The molecular formula is C19H19Cl2N3O4. The van der Waals surface area contributed by atoms with Gasteiger partial charge < -0.3 is 15.0 Å². The highest BCUT2D eigenvalue weighted by Crippen LogP contribution is 2.25. The Morgan fingerprint density at radius 2 is 1.71 bits per heavy atom. The van der Waals surface area contributed by atoms with E-state index in [1.165, 1.54) is 24.1 Å². The first kappa shape index (κ1) is 21.5. The first-order valence-electron chi connectivity index (χ1n) is 8.34. The summed E-state index contributed by atoms with van der Waals surface area (Å²) in [4.78, 5) is 37.5.